The molecule has 10 heteroatoms. The van der Waals surface area contributed by atoms with Crippen LogP contribution in [0.4, 0.5) is 11.1 Å². The Labute approximate surface area is 157 Å². The third-order valence-electron chi connectivity index (χ3n) is 4.17. The third kappa shape index (κ3) is 3.11. The van der Waals surface area contributed by atoms with E-state index in [0.717, 1.165) is 5.13 Å². The third-order valence-corrected chi connectivity index (χ3v) is 5.20. The van der Waals surface area contributed by atoms with Crippen molar-refractivity contribution in [2.45, 2.75) is 0 Å². The molecule has 0 saturated carbocycles. The average Bonchev–Trinajstić information content (AvgIpc) is 3.07. The first-order valence-corrected chi connectivity index (χ1v) is 9.03. The Morgan fingerprint density at radius 3 is 2.69 bits per heavy atom. The molecule has 1 fully saturated rings. The number of carbonyl (C=O) groups excluding carboxylic acids is 1. The molecule has 2 aromatic heterocycles. The van der Waals surface area contributed by atoms with Crippen LogP contribution in [0.1, 0.15) is 10.6 Å². The molecular formula is C16H14ClN5O3S. The summed E-state index contributed by atoms with van der Waals surface area (Å²) >= 11 is 7.18. The highest BCUT2D eigenvalue weighted by atomic mass is 35.5. The first-order valence-electron chi connectivity index (χ1n) is 7.88. The van der Waals surface area contributed by atoms with Gasteiger partial charge in [-0.2, -0.15) is 9.36 Å². The van der Waals surface area contributed by atoms with E-state index in [1.165, 1.54) is 23.7 Å². The second kappa shape index (κ2) is 6.58. The molecule has 0 radical (unpaired) electrons. The smallest absolute Gasteiger partial charge is 0.289 e. The summed E-state index contributed by atoms with van der Waals surface area (Å²) in [6.07, 6.45) is 0. The molecule has 0 atom stereocenters. The Morgan fingerprint density at radius 2 is 2.00 bits per heavy atom. The lowest BCUT2D eigenvalue weighted by Gasteiger charge is -2.33. The lowest BCUT2D eigenvalue weighted by molar-refractivity contribution is 0.0715. The van der Waals surface area contributed by atoms with E-state index >= 15 is 0 Å². The van der Waals surface area contributed by atoms with Crippen LogP contribution in [0.2, 0.25) is 5.02 Å². The summed E-state index contributed by atoms with van der Waals surface area (Å²) < 4.78 is 9.59. The summed E-state index contributed by atoms with van der Waals surface area (Å²) in [6.45, 7) is 2.17. The van der Waals surface area contributed by atoms with Crippen LogP contribution in [0.25, 0.3) is 11.0 Å². The lowest BCUT2D eigenvalue weighted by Crippen LogP contribution is -2.48. The Morgan fingerprint density at radius 1 is 1.23 bits per heavy atom. The van der Waals surface area contributed by atoms with Gasteiger partial charge in [0.05, 0.1) is 5.39 Å². The van der Waals surface area contributed by atoms with Gasteiger partial charge in [-0.05, 0) is 12.1 Å². The minimum absolute atomic E-state index is 0.0124. The highest BCUT2D eigenvalue weighted by Gasteiger charge is 2.26. The van der Waals surface area contributed by atoms with Crippen molar-refractivity contribution in [2.75, 3.05) is 36.8 Å². The van der Waals surface area contributed by atoms with E-state index in [-0.39, 0.29) is 23.0 Å². The molecule has 8 nitrogen and oxygen atoms in total. The molecular weight excluding hydrogens is 378 g/mol. The van der Waals surface area contributed by atoms with Crippen LogP contribution >= 0.6 is 23.1 Å². The van der Waals surface area contributed by atoms with Gasteiger partial charge in [-0.3, -0.25) is 9.59 Å². The number of piperazine rings is 1. The van der Waals surface area contributed by atoms with Gasteiger partial charge in [-0.1, -0.05) is 11.6 Å². The standard InChI is InChI=1S/C16H14ClN5O3S/c17-9-1-2-10-11(23)8-13(25-12(10)7-9)14(24)21-3-5-22(6-4-21)16-19-15(18)20-26-16/h1-2,7-8H,3-6H2,(H2,18,20). The Balaban J connectivity index is 1.53. The van der Waals surface area contributed by atoms with Crippen LogP contribution < -0.4 is 16.1 Å². The van der Waals surface area contributed by atoms with Gasteiger partial charge in [0.15, 0.2) is 11.2 Å². The van der Waals surface area contributed by atoms with Crippen molar-refractivity contribution in [2.24, 2.45) is 0 Å². The van der Waals surface area contributed by atoms with Crippen molar-refractivity contribution in [3.63, 3.8) is 0 Å². The zero-order valence-corrected chi connectivity index (χ0v) is 15.1. The minimum Gasteiger partial charge on any atom is -0.451 e. The quantitative estimate of drug-likeness (QED) is 0.710. The zero-order valence-electron chi connectivity index (χ0n) is 13.5. The summed E-state index contributed by atoms with van der Waals surface area (Å²) in [5, 5.41) is 1.57. The molecule has 1 aromatic carbocycles. The molecule has 0 spiro atoms. The summed E-state index contributed by atoms with van der Waals surface area (Å²) in [6, 6.07) is 5.97. The van der Waals surface area contributed by atoms with Gasteiger partial charge in [0.25, 0.3) is 5.91 Å². The largest absolute Gasteiger partial charge is 0.451 e. The number of nitrogen functional groups attached to an aromatic ring is 1. The average molecular weight is 392 g/mol. The maximum Gasteiger partial charge on any atom is 0.289 e. The Kier molecular flexibility index (Phi) is 4.25. The van der Waals surface area contributed by atoms with Gasteiger partial charge in [0, 0.05) is 54.9 Å². The van der Waals surface area contributed by atoms with Gasteiger partial charge in [0.1, 0.15) is 5.58 Å². The van der Waals surface area contributed by atoms with Crippen LogP contribution in [-0.4, -0.2) is 46.3 Å². The second-order valence-electron chi connectivity index (χ2n) is 5.83. The van der Waals surface area contributed by atoms with E-state index in [0.29, 0.717) is 42.2 Å². The summed E-state index contributed by atoms with van der Waals surface area (Å²) in [4.78, 5) is 32.8. The van der Waals surface area contributed by atoms with Gasteiger partial charge >= 0.3 is 0 Å². The number of aromatic nitrogens is 2. The van der Waals surface area contributed by atoms with Crippen LogP contribution in [0.3, 0.4) is 0 Å². The molecule has 4 rings (SSSR count). The number of hydrogen-bond donors (Lipinski definition) is 1. The lowest BCUT2D eigenvalue weighted by atomic mass is 10.2. The van der Waals surface area contributed by atoms with Gasteiger partial charge in [0.2, 0.25) is 11.1 Å². The Hall–Kier alpha value is -2.65. The SMILES string of the molecule is Nc1nsc(N2CCN(C(=O)c3cc(=O)c4ccc(Cl)cc4o3)CC2)n1. The maximum atomic E-state index is 12.7. The fourth-order valence-corrected chi connectivity index (χ4v) is 3.66. The number of nitrogens with two attached hydrogens (primary N) is 1. The van der Waals surface area contributed by atoms with E-state index in [2.05, 4.69) is 9.36 Å². The van der Waals surface area contributed by atoms with Crippen molar-refractivity contribution in [1.29, 1.82) is 0 Å². The predicted molar refractivity (Wildman–Crippen MR) is 99.9 cm³/mol. The van der Waals surface area contributed by atoms with Crippen molar-refractivity contribution in [3.05, 3.63) is 45.3 Å². The molecule has 2 N–H and O–H groups in total. The number of amides is 1. The van der Waals surface area contributed by atoms with Crippen LogP contribution in [0, 0.1) is 0 Å². The zero-order chi connectivity index (χ0) is 18.3. The summed E-state index contributed by atoms with van der Waals surface area (Å²) in [5.74, 6) is -0.0566. The van der Waals surface area contributed by atoms with E-state index in [9.17, 15) is 9.59 Å². The molecule has 3 heterocycles. The van der Waals surface area contributed by atoms with E-state index < -0.39 is 0 Å². The summed E-state index contributed by atoms with van der Waals surface area (Å²) in [7, 11) is 0. The predicted octanol–water partition coefficient (Wildman–Crippen LogP) is 1.84. The fourth-order valence-electron chi connectivity index (χ4n) is 2.85. The fraction of sp³-hybridized carbons (Fsp3) is 0.250. The molecule has 0 unspecified atom stereocenters. The van der Waals surface area contributed by atoms with Crippen molar-refractivity contribution >= 4 is 51.1 Å². The number of carbonyl (C=O) groups is 1. The highest BCUT2D eigenvalue weighted by Crippen LogP contribution is 2.22. The van der Waals surface area contributed by atoms with Crippen LogP contribution in [0.5, 0.6) is 0 Å². The molecule has 134 valence electrons. The van der Waals surface area contributed by atoms with E-state index in [1.807, 2.05) is 4.90 Å². The first-order chi connectivity index (χ1) is 12.5. The van der Waals surface area contributed by atoms with Crippen molar-refractivity contribution in [3.8, 4) is 0 Å². The monoisotopic (exact) mass is 391 g/mol. The molecule has 3 aromatic rings. The molecule has 1 aliphatic rings. The number of benzene rings is 1. The number of fused-ring (bicyclic) bond motifs is 1. The van der Waals surface area contributed by atoms with Crippen LogP contribution in [-0.2, 0) is 0 Å². The molecule has 0 bridgehead atoms. The van der Waals surface area contributed by atoms with Crippen molar-refractivity contribution in [1.82, 2.24) is 14.3 Å². The number of hydrogen-bond acceptors (Lipinski definition) is 8. The topological polar surface area (TPSA) is 106 Å². The molecule has 1 amide bonds. The van der Waals surface area contributed by atoms with E-state index in [1.54, 1.807) is 17.0 Å². The molecule has 0 aliphatic carbocycles. The van der Waals surface area contributed by atoms with E-state index in [4.69, 9.17) is 21.8 Å². The van der Waals surface area contributed by atoms with Crippen molar-refractivity contribution < 1.29 is 9.21 Å². The number of halogens is 1. The number of nitrogens with zero attached hydrogens (tertiary/aromatic N) is 4. The maximum absolute atomic E-state index is 12.7. The molecule has 1 saturated heterocycles. The molecule has 1 aliphatic heterocycles. The minimum atomic E-state index is -0.319. The van der Waals surface area contributed by atoms with Gasteiger partial charge < -0.3 is 20.0 Å². The van der Waals surface area contributed by atoms with Crippen LogP contribution in [0.15, 0.2) is 33.5 Å². The second-order valence-corrected chi connectivity index (χ2v) is 7.00. The normalized spacial score (nSPS) is 14.8. The van der Waals surface area contributed by atoms with Gasteiger partial charge in [-0.15, -0.1) is 0 Å². The van der Waals surface area contributed by atoms with Gasteiger partial charge in [-0.25, -0.2) is 0 Å². The summed E-state index contributed by atoms with van der Waals surface area (Å²) in [5.41, 5.74) is 5.59. The molecule has 26 heavy (non-hydrogen) atoms. The number of anilines is 2. The highest BCUT2D eigenvalue weighted by molar-refractivity contribution is 7.09. The first kappa shape index (κ1) is 16.8. The Bertz CT molecular complexity index is 1040. The number of rotatable bonds is 2.